The van der Waals surface area contributed by atoms with Crippen molar-refractivity contribution in [1.82, 2.24) is 5.32 Å². The molecule has 0 bridgehead atoms. The van der Waals surface area contributed by atoms with E-state index in [2.05, 4.69) is 5.32 Å². The van der Waals surface area contributed by atoms with Crippen molar-refractivity contribution in [2.75, 3.05) is 0 Å². The number of carboxylic acid groups (broad SMARTS) is 1. The minimum atomic E-state index is -1.18. The van der Waals surface area contributed by atoms with Crippen molar-refractivity contribution < 1.29 is 23.8 Å². The van der Waals surface area contributed by atoms with Gasteiger partial charge in [0.05, 0.1) is 12.5 Å². The molecule has 2 N–H and O–H groups in total. The average molecular weight is 318 g/mol. The molecule has 0 saturated carbocycles. The maximum Gasteiger partial charge on any atom is 0.408 e. The third-order valence-corrected chi connectivity index (χ3v) is 2.64. The first-order chi connectivity index (χ1) is 9.58. The Hall–Kier alpha value is -1.82. The van der Waals surface area contributed by atoms with E-state index in [0.29, 0.717) is 0 Å². The molecule has 1 aromatic rings. The first kappa shape index (κ1) is 17.2. The molecular formula is C14H17ClFNO4. The minimum absolute atomic E-state index is 0.0349. The summed E-state index contributed by atoms with van der Waals surface area (Å²) in [6, 6.07) is 2.77. The van der Waals surface area contributed by atoms with Gasteiger partial charge in [0.15, 0.2) is 0 Å². The molecule has 0 aliphatic heterocycles. The van der Waals surface area contributed by atoms with E-state index in [1.807, 2.05) is 0 Å². The standard InChI is InChI=1S/C14H17ClFNO4/c1-14(2,3)21-13(20)17-11(7-12(18)19)9-5-4-8(15)6-10(9)16/h4-6,11H,7H2,1-3H3,(H,17,20)(H,18,19)/t11-/m1/s1. The van der Waals surface area contributed by atoms with Gasteiger partial charge < -0.3 is 15.2 Å². The second-order valence-corrected chi connectivity index (χ2v) is 5.90. The number of halogens is 2. The number of rotatable bonds is 4. The molecule has 116 valence electrons. The Balaban J connectivity index is 2.95. The maximum absolute atomic E-state index is 13.9. The zero-order chi connectivity index (χ0) is 16.2. The maximum atomic E-state index is 13.9. The van der Waals surface area contributed by atoms with Gasteiger partial charge in [0.25, 0.3) is 0 Å². The van der Waals surface area contributed by atoms with Crippen LogP contribution in [0.5, 0.6) is 0 Å². The van der Waals surface area contributed by atoms with Crippen LogP contribution < -0.4 is 5.32 Å². The third-order valence-electron chi connectivity index (χ3n) is 2.41. The predicted molar refractivity (Wildman–Crippen MR) is 75.8 cm³/mol. The fraction of sp³-hybridized carbons (Fsp3) is 0.429. The summed E-state index contributed by atoms with van der Waals surface area (Å²) in [4.78, 5) is 22.6. The van der Waals surface area contributed by atoms with Crippen LogP contribution in [-0.2, 0) is 9.53 Å². The summed E-state index contributed by atoms with van der Waals surface area (Å²) in [5, 5.41) is 11.4. The quantitative estimate of drug-likeness (QED) is 0.891. The molecule has 1 rings (SSSR count). The lowest BCUT2D eigenvalue weighted by Crippen LogP contribution is -2.36. The van der Waals surface area contributed by atoms with Crippen molar-refractivity contribution in [3.8, 4) is 0 Å². The molecule has 7 heteroatoms. The number of alkyl carbamates (subject to hydrolysis) is 1. The summed E-state index contributed by atoms with van der Waals surface area (Å²) in [7, 11) is 0. The second-order valence-electron chi connectivity index (χ2n) is 5.46. The summed E-state index contributed by atoms with van der Waals surface area (Å²) < 4.78 is 18.9. The van der Waals surface area contributed by atoms with Crippen LogP contribution in [0.3, 0.4) is 0 Å². The second kappa shape index (κ2) is 6.76. The summed E-state index contributed by atoms with van der Waals surface area (Å²) in [5.41, 5.74) is -0.705. The Morgan fingerprint density at radius 2 is 2.05 bits per heavy atom. The molecule has 1 amide bonds. The Morgan fingerprint density at radius 1 is 1.43 bits per heavy atom. The molecule has 0 unspecified atom stereocenters. The first-order valence-corrected chi connectivity index (χ1v) is 6.62. The van der Waals surface area contributed by atoms with Gasteiger partial charge >= 0.3 is 12.1 Å². The highest BCUT2D eigenvalue weighted by atomic mass is 35.5. The fourth-order valence-corrected chi connectivity index (χ4v) is 1.81. The van der Waals surface area contributed by atoms with Gasteiger partial charge in [0.1, 0.15) is 11.4 Å². The van der Waals surface area contributed by atoms with Crippen LogP contribution in [0.4, 0.5) is 9.18 Å². The zero-order valence-corrected chi connectivity index (χ0v) is 12.7. The molecular weight excluding hydrogens is 301 g/mol. The van der Waals surface area contributed by atoms with Crippen molar-refractivity contribution in [3.63, 3.8) is 0 Å². The zero-order valence-electron chi connectivity index (χ0n) is 11.9. The summed E-state index contributed by atoms with van der Waals surface area (Å²) in [6.07, 6.45) is -1.29. The number of nitrogens with one attached hydrogen (secondary N) is 1. The highest BCUT2D eigenvalue weighted by Crippen LogP contribution is 2.24. The Kier molecular flexibility index (Phi) is 5.54. The molecule has 0 fully saturated rings. The molecule has 0 aliphatic carbocycles. The molecule has 0 saturated heterocycles. The average Bonchev–Trinajstić information content (AvgIpc) is 2.24. The topological polar surface area (TPSA) is 75.6 Å². The van der Waals surface area contributed by atoms with Crippen LogP contribution in [0.2, 0.25) is 5.02 Å². The van der Waals surface area contributed by atoms with E-state index >= 15 is 0 Å². The molecule has 1 aromatic carbocycles. The monoisotopic (exact) mass is 317 g/mol. The van der Waals surface area contributed by atoms with Crippen LogP contribution in [0, 0.1) is 5.82 Å². The SMILES string of the molecule is CC(C)(C)OC(=O)N[C@H](CC(=O)O)c1ccc(Cl)cc1F. The van der Waals surface area contributed by atoms with E-state index in [4.69, 9.17) is 21.4 Å². The lowest BCUT2D eigenvalue weighted by atomic mass is 10.0. The molecule has 0 spiro atoms. The number of hydrogen-bond donors (Lipinski definition) is 2. The van der Waals surface area contributed by atoms with Crippen LogP contribution in [0.25, 0.3) is 0 Å². The van der Waals surface area contributed by atoms with Crippen molar-refractivity contribution in [1.29, 1.82) is 0 Å². The Bertz CT molecular complexity index is 542. The van der Waals surface area contributed by atoms with Gasteiger partial charge in [-0.3, -0.25) is 4.79 Å². The number of hydrogen-bond acceptors (Lipinski definition) is 3. The minimum Gasteiger partial charge on any atom is -0.481 e. The van der Waals surface area contributed by atoms with Crippen molar-refractivity contribution in [3.05, 3.63) is 34.6 Å². The molecule has 21 heavy (non-hydrogen) atoms. The third kappa shape index (κ3) is 5.99. The van der Waals surface area contributed by atoms with E-state index in [1.54, 1.807) is 20.8 Å². The molecule has 5 nitrogen and oxygen atoms in total. The molecule has 0 aromatic heterocycles. The normalized spacial score (nSPS) is 12.6. The highest BCUT2D eigenvalue weighted by molar-refractivity contribution is 6.30. The fourth-order valence-electron chi connectivity index (χ4n) is 1.65. The van der Waals surface area contributed by atoms with E-state index in [9.17, 15) is 14.0 Å². The van der Waals surface area contributed by atoms with Crippen LogP contribution in [0.1, 0.15) is 38.8 Å². The Morgan fingerprint density at radius 3 is 2.52 bits per heavy atom. The van der Waals surface area contributed by atoms with E-state index in [0.717, 1.165) is 6.07 Å². The van der Waals surface area contributed by atoms with Gasteiger partial charge in [0, 0.05) is 10.6 Å². The number of amides is 1. The van der Waals surface area contributed by atoms with Gasteiger partial charge in [-0.2, -0.15) is 0 Å². The number of benzene rings is 1. The molecule has 0 radical (unpaired) electrons. The number of carboxylic acids is 1. The summed E-state index contributed by atoms with van der Waals surface area (Å²) in [6.45, 7) is 5.00. The van der Waals surface area contributed by atoms with Crippen molar-refractivity contribution in [2.24, 2.45) is 0 Å². The lowest BCUT2D eigenvalue weighted by Gasteiger charge is -2.23. The van der Waals surface area contributed by atoms with E-state index < -0.39 is 35.9 Å². The molecule has 1 atom stereocenters. The summed E-state index contributed by atoms with van der Waals surface area (Å²) >= 11 is 5.65. The largest absolute Gasteiger partial charge is 0.481 e. The van der Waals surface area contributed by atoms with E-state index in [1.165, 1.54) is 12.1 Å². The van der Waals surface area contributed by atoms with Gasteiger partial charge in [-0.15, -0.1) is 0 Å². The number of carbonyl (C=O) groups excluding carboxylic acids is 1. The molecule has 0 aliphatic rings. The Labute approximate surface area is 127 Å². The van der Waals surface area contributed by atoms with Gasteiger partial charge in [-0.1, -0.05) is 17.7 Å². The highest BCUT2D eigenvalue weighted by Gasteiger charge is 2.24. The smallest absolute Gasteiger partial charge is 0.408 e. The molecule has 0 heterocycles. The van der Waals surface area contributed by atoms with Gasteiger partial charge in [-0.05, 0) is 32.9 Å². The van der Waals surface area contributed by atoms with Crippen molar-refractivity contribution in [2.45, 2.75) is 38.8 Å². The number of ether oxygens (including phenoxy) is 1. The van der Waals surface area contributed by atoms with Gasteiger partial charge in [0.2, 0.25) is 0 Å². The van der Waals surface area contributed by atoms with Crippen LogP contribution >= 0.6 is 11.6 Å². The predicted octanol–water partition coefficient (Wildman–Crippen LogP) is 3.52. The lowest BCUT2D eigenvalue weighted by molar-refractivity contribution is -0.137. The van der Waals surface area contributed by atoms with Crippen LogP contribution in [0.15, 0.2) is 18.2 Å². The summed E-state index contributed by atoms with van der Waals surface area (Å²) in [5.74, 6) is -1.87. The van der Waals surface area contributed by atoms with Gasteiger partial charge in [-0.25, -0.2) is 9.18 Å². The first-order valence-electron chi connectivity index (χ1n) is 6.25. The van der Waals surface area contributed by atoms with Crippen LogP contribution in [-0.4, -0.2) is 22.8 Å². The van der Waals surface area contributed by atoms with Crippen molar-refractivity contribution >= 4 is 23.7 Å². The number of aliphatic carboxylic acids is 1. The number of carbonyl (C=O) groups is 2. The van der Waals surface area contributed by atoms with E-state index in [-0.39, 0.29) is 10.6 Å².